The standard InChI is InChI=1S/C14H24N4O/c1-3-17(4-2)12-9-13(19)18(16-10-12)11-14(5-6-14)7-8-15/h9-10H,3-8,11,15H2,1-2H3. The van der Waals surface area contributed by atoms with Crippen LogP contribution >= 0.6 is 0 Å². The Bertz CT molecular complexity index is 475. The van der Waals surface area contributed by atoms with Crippen LogP contribution in [0.15, 0.2) is 17.1 Å². The van der Waals surface area contributed by atoms with E-state index in [9.17, 15) is 4.79 Å². The molecule has 0 aliphatic heterocycles. The molecular formula is C14H24N4O. The lowest BCUT2D eigenvalue weighted by Crippen LogP contribution is -2.30. The van der Waals surface area contributed by atoms with Gasteiger partial charge in [-0.3, -0.25) is 4.79 Å². The lowest BCUT2D eigenvalue weighted by Gasteiger charge is -2.21. The van der Waals surface area contributed by atoms with Gasteiger partial charge in [-0.25, -0.2) is 4.68 Å². The molecule has 1 aromatic rings. The molecule has 2 N–H and O–H groups in total. The van der Waals surface area contributed by atoms with E-state index in [1.165, 1.54) is 0 Å². The fourth-order valence-corrected chi connectivity index (χ4v) is 2.59. The van der Waals surface area contributed by atoms with E-state index in [0.717, 1.165) is 38.0 Å². The molecule has 106 valence electrons. The smallest absolute Gasteiger partial charge is 0.268 e. The third-order valence-electron chi connectivity index (χ3n) is 4.10. The van der Waals surface area contributed by atoms with E-state index < -0.39 is 0 Å². The molecule has 0 amide bonds. The van der Waals surface area contributed by atoms with Crippen molar-refractivity contribution in [2.45, 2.75) is 39.7 Å². The van der Waals surface area contributed by atoms with Crippen molar-refractivity contribution in [3.63, 3.8) is 0 Å². The molecule has 5 heteroatoms. The van der Waals surface area contributed by atoms with Crippen LogP contribution in [0.3, 0.4) is 0 Å². The highest BCUT2D eigenvalue weighted by molar-refractivity contribution is 5.42. The first-order chi connectivity index (χ1) is 9.14. The zero-order valence-electron chi connectivity index (χ0n) is 11.9. The van der Waals surface area contributed by atoms with Gasteiger partial charge in [0.2, 0.25) is 0 Å². The van der Waals surface area contributed by atoms with Crippen LogP contribution in [0.5, 0.6) is 0 Å². The molecule has 0 radical (unpaired) electrons. The van der Waals surface area contributed by atoms with E-state index in [0.29, 0.717) is 13.1 Å². The molecule has 2 rings (SSSR count). The predicted molar refractivity (Wildman–Crippen MR) is 77.4 cm³/mol. The molecule has 1 heterocycles. The van der Waals surface area contributed by atoms with Crippen molar-refractivity contribution >= 4 is 5.69 Å². The maximum absolute atomic E-state index is 12.1. The normalized spacial score (nSPS) is 16.4. The lowest BCUT2D eigenvalue weighted by molar-refractivity contribution is 0.365. The summed E-state index contributed by atoms with van der Waals surface area (Å²) < 4.78 is 1.59. The minimum Gasteiger partial charge on any atom is -0.371 e. The minimum atomic E-state index is -0.00676. The maximum Gasteiger partial charge on any atom is 0.268 e. The summed E-state index contributed by atoms with van der Waals surface area (Å²) in [5.41, 5.74) is 6.78. The van der Waals surface area contributed by atoms with Crippen LogP contribution in [0, 0.1) is 5.41 Å². The zero-order valence-corrected chi connectivity index (χ0v) is 11.9. The van der Waals surface area contributed by atoms with E-state index in [2.05, 4.69) is 23.8 Å². The van der Waals surface area contributed by atoms with E-state index >= 15 is 0 Å². The zero-order chi connectivity index (χ0) is 13.9. The lowest BCUT2D eigenvalue weighted by atomic mass is 10.0. The SMILES string of the molecule is CCN(CC)c1cnn(CC2(CCN)CC2)c(=O)c1. The van der Waals surface area contributed by atoms with Gasteiger partial charge in [-0.2, -0.15) is 5.10 Å². The van der Waals surface area contributed by atoms with Crippen molar-refractivity contribution in [3.05, 3.63) is 22.6 Å². The van der Waals surface area contributed by atoms with Crippen molar-refractivity contribution in [3.8, 4) is 0 Å². The number of hydrogen-bond acceptors (Lipinski definition) is 4. The van der Waals surface area contributed by atoms with Gasteiger partial charge in [-0.15, -0.1) is 0 Å². The number of anilines is 1. The maximum atomic E-state index is 12.1. The van der Waals surface area contributed by atoms with Crippen molar-refractivity contribution in [2.75, 3.05) is 24.5 Å². The van der Waals surface area contributed by atoms with Gasteiger partial charge in [0.15, 0.2) is 0 Å². The van der Waals surface area contributed by atoms with Crippen LogP contribution in [0.2, 0.25) is 0 Å². The summed E-state index contributed by atoms with van der Waals surface area (Å²) in [6.45, 7) is 7.33. The van der Waals surface area contributed by atoms with Crippen LogP contribution in [-0.2, 0) is 6.54 Å². The molecule has 0 bridgehead atoms. The summed E-state index contributed by atoms with van der Waals surface area (Å²) in [4.78, 5) is 14.3. The molecule has 1 aliphatic rings. The summed E-state index contributed by atoms with van der Waals surface area (Å²) in [5.74, 6) is 0. The van der Waals surface area contributed by atoms with Crippen LogP contribution in [0.25, 0.3) is 0 Å². The Kier molecular flexibility index (Phi) is 4.24. The topological polar surface area (TPSA) is 64.2 Å². The Morgan fingerprint density at radius 2 is 2.11 bits per heavy atom. The Morgan fingerprint density at radius 1 is 1.42 bits per heavy atom. The van der Waals surface area contributed by atoms with Gasteiger partial charge in [-0.1, -0.05) is 0 Å². The second kappa shape index (κ2) is 5.74. The fraction of sp³-hybridized carbons (Fsp3) is 0.714. The van der Waals surface area contributed by atoms with Crippen molar-refractivity contribution < 1.29 is 0 Å². The third kappa shape index (κ3) is 3.15. The largest absolute Gasteiger partial charge is 0.371 e. The minimum absolute atomic E-state index is 0.00676. The summed E-state index contributed by atoms with van der Waals surface area (Å²) in [6.07, 6.45) is 5.11. The number of nitrogens with two attached hydrogens (primary N) is 1. The second-order valence-corrected chi connectivity index (χ2v) is 5.42. The molecular weight excluding hydrogens is 240 g/mol. The van der Waals surface area contributed by atoms with Crippen LogP contribution in [-0.4, -0.2) is 29.4 Å². The Labute approximate surface area is 114 Å². The molecule has 0 atom stereocenters. The fourth-order valence-electron chi connectivity index (χ4n) is 2.59. The predicted octanol–water partition coefficient (Wildman–Crippen LogP) is 1.22. The molecule has 1 fully saturated rings. The first-order valence-corrected chi connectivity index (χ1v) is 7.16. The molecule has 19 heavy (non-hydrogen) atoms. The van der Waals surface area contributed by atoms with Gasteiger partial charge in [0.1, 0.15) is 0 Å². The number of nitrogens with zero attached hydrogens (tertiary/aromatic N) is 3. The van der Waals surface area contributed by atoms with E-state index in [-0.39, 0.29) is 11.0 Å². The molecule has 0 saturated heterocycles. The summed E-state index contributed by atoms with van der Waals surface area (Å²) in [6, 6.07) is 1.69. The molecule has 0 aromatic carbocycles. The van der Waals surface area contributed by atoms with E-state index in [1.807, 2.05) is 0 Å². The monoisotopic (exact) mass is 264 g/mol. The quantitative estimate of drug-likeness (QED) is 0.804. The second-order valence-electron chi connectivity index (χ2n) is 5.42. The van der Waals surface area contributed by atoms with Crippen molar-refractivity contribution in [1.29, 1.82) is 0 Å². The first kappa shape index (κ1) is 14.1. The molecule has 0 spiro atoms. The highest BCUT2D eigenvalue weighted by Gasteiger charge is 2.42. The van der Waals surface area contributed by atoms with Gasteiger partial charge >= 0.3 is 0 Å². The Balaban J connectivity index is 2.14. The highest BCUT2D eigenvalue weighted by Crippen LogP contribution is 2.49. The van der Waals surface area contributed by atoms with Gasteiger partial charge in [0, 0.05) is 19.2 Å². The average Bonchev–Trinajstić information content (AvgIpc) is 3.14. The van der Waals surface area contributed by atoms with Crippen LogP contribution < -0.4 is 16.2 Å². The van der Waals surface area contributed by atoms with Crippen LogP contribution in [0.4, 0.5) is 5.69 Å². The third-order valence-corrected chi connectivity index (χ3v) is 4.10. The number of hydrogen-bond donors (Lipinski definition) is 1. The van der Waals surface area contributed by atoms with E-state index in [4.69, 9.17) is 5.73 Å². The molecule has 1 saturated carbocycles. The molecule has 1 aliphatic carbocycles. The Hall–Kier alpha value is -1.36. The van der Waals surface area contributed by atoms with Gasteiger partial charge in [-0.05, 0) is 45.1 Å². The average molecular weight is 264 g/mol. The summed E-state index contributed by atoms with van der Waals surface area (Å²) in [7, 11) is 0. The molecule has 1 aromatic heterocycles. The first-order valence-electron chi connectivity index (χ1n) is 7.16. The van der Waals surface area contributed by atoms with Crippen molar-refractivity contribution in [1.82, 2.24) is 9.78 Å². The molecule has 5 nitrogen and oxygen atoms in total. The summed E-state index contributed by atoms with van der Waals surface area (Å²) >= 11 is 0. The molecule has 0 unspecified atom stereocenters. The van der Waals surface area contributed by atoms with Gasteiger partial charge < -0.3 is 10.6 Å². The Morgan fingerprint density at radius 3 is 2.58 bits per heavy atom. The van der Waals surface area contributed by atoms with E-state index in [1.54, 1.807) is 16.9 Å². The van der Waals surface area contributed by atoms with Gasteiger partial charge in [0.25, 0.3) is 5.56 Å². The van der Waals surface area contributed by atoms with Crippen LogP contribution in [0.1, 0.15) is 33.1 Å². The summed E-state index contributed by atoms with van der Waals surface area (Å²) in [5, 5.41) is 4.32. The highest BCUT2D eigenvalue weighted by atomic mass is 16.1. The van der Waals surface area contributed by atoms with Crippen molar-refractivity contribution in [2.24, 2.45) is 11.1 Å². The van der Waals surface area contributed by atoms with Gasteiger partial charge in [0.05, 0.1) is 18.4 Å². The number of rotatable bonds is 7. The number of aromatic nitrogens is 2.